The number of benzene rings is 3. The second kappa shape index (κ2) is 8.84. The third-order valence-corrected chi connectivity index (χ3v) is 6.99. The second-order valence-corrected chi connectivity index (χ2v) is 9.28. The molecule has 0 radical (unpaired) electrons. The SMILES string of the molecule is COc1cccc(OC)c1S(=O)(=O)Nc1noc2cc(Cn3ncc4ccccc43)cc(OC)c12. The van der Waals surface area contributed by atoms with Crippen molar-refractivity contribution < 1.29 is 27.2 Å². The van der Waals surface area contributed by atoms with Crippen LogP contribution in [0.3, 0.4) is 0 Å². The van der Waals surface area contributed by atoms with Crippen LogP contribution in [0.2, 0.25) is 0 Å². The summed E-state index contributed by atoms with van der Waals surface area (Å²) in [5, 5.41) is 9.84. The Balaban J connectivity index is 1.53. The van der Waals surface area contributed by atoms with Gasteiger partial charge in [-0.3, -0.25) is 9.40 Å². The molecule has 5 aromatic rings. The highest BCUT2D eigenvalue weighted by atomic mass is 32.2. The van der Waals surface area contributed by atoms with Crippen LogP contribution in [0, 0.1) is 0 Å². The number of rotatable bonds is 8. The summed E-state index contributed by atoms with van der Waals surface area (Å²) in [6, 6.07) is 16.2. The summed E-state index contributed by atoms with van der Waals surface area (Å²) in [5.41, 5.74) is 2.20. The first-order valence-electron chi connectivity index (χ1n) is 10.6. The van der Waals surface area contributed by atoms with Crippen molar-refractivity contribution >= 4 is 37.7 Å². The number of nitrogens with zero attached hydrogens (tertiary/aromatic N) is 3. The molecule has 11 heteroatoms. The van der Waals surface area contributed by atoms with Gasteiger partial charge >= 0.3 is 0 Å². The first-order valence-corrected chi connectivity index (χ1v) is 12.0. The van der Waals surface area contributed by atoms with Gasteiger partial charge in [0, 0.05) is 5.39 Å². The van der Waals surface area contributed by atoms with Gasteiger partial charge in [0.05, 0.1) is 39.6 Å². The van der Waals surface area contributed by atoms with Crippen LogP contribution < -0.4 is 18.9 Å². The lowest BCUT2D eigenvalue weighted by Gasteiger charge is -2.14. The minimum atomic E-state index is -4.15. The fourth-order valence-electron chi connectivity index (χ4n) is 4.00. The maximum absolute atomic E-state index is 13.3. The van der Waals surface area contributed by atoms with E-state index in [9.17, 15) is 8.42 Å². The molecule has 10 nitrogen and oxygen atoms in total. The molecule has 180 valence electrons. The Bertz CT molecular complexity index is 1620. The topological polar surface area (TPSA) is 118 Å². The second-order valence-electron chi connectivity index (χ2n) is 7.66. The Morgan fingerprint density at radius 3 is 2.37 bits per heavy atom. The zero-order valence-corrected chi connectivity index (χ0v) is 20.0. The Morgan fingerprint density at radius 2 is 1.66 bits per heavy atom. The minimum Gasteiger partial charge on any atom is -0.496 e. The summed E-state index contributed by atoms with van der Waals surface area (Å²) < 4.78 is 52.5. The maximum atomic E-state index is 13.3. The average molecular weight is 495 g/mol. The lowest BCUT2D eigenvalue weighted by atomic mass is 10.1. The summed E-state index contributed by atoms with van der Waals surface area (Å²) in [5.74, 6) is 0.650. The fraction of sp³-hybridized carbons (Fsp3) is 0.167. The van der Waals surface area contributed by atoms with E-state index in [1.165, 1.54) is 33.5 Å². The van der Waals surface area contributed by atoms with Crippen LogP contribution in [0.5, 0.6) is 17.2 Å². The molecule has 0 saturated heterocycles. The monoisotopic (exact) mass is 494 g/mol. The number of ether oxygens (including phenoxy) is 3. The standard InChI is InChI=1S/C24H22N4O6S/c1-31-18-9-6-10-19(32-2)23(18)35(29,30)27-24-22-20(33-3)11-15(12-21(22)34-26-24)14-28-17-8-5-4-7-16(17)13-25-28/h4-13H,14H2,1-3H3,(H,26,27). The van der Waals surface area contributed by atoms with Gasteiger partial charge in [0.15, 0.2) is 16.3 Å². The smallest absolute Gasteiger partial charge is 0.270 e. The molecule has 2 heterocycles. The molecule has 0 aliphatic heterocycles. The molecule has 0 aliphatic carbocycles. The van der Waals surface area contributed by atoms with Gasteiger partial charge in [-0.1, -0.05) is 29.4 Å². The normalized spacial score (nSPS) is 11.6. The van der Waals surface area contributed by atoms with Crippen molar-refractivity contribution in [3.8, 4) is 17.2 Å². The highest BCUT2D eigenvalue weighted by Crippen LogP contribution is 2.38. The van der Waals surface area contributed by atoms with Crippen LogP contribution in [0.4, 0.5) is 5.82 Å². The van der Waals surface area contributed by atoms with E-state index in [2.05, 4.69) is 15.0 Å². The van der Waals surface area contributed by atoms with Crippen LogP contribution in [-0.2, 0) is 16.6 Å². The van der Waals surface area contributed by atoms with Crippen molar-refractivity contribution in [2.24, 2.45) is 0 Å². The van der Waals surface area contributed by atoms with E-state index < -0.39 is 10.0 Å². The summed E-state index contributed by atoms with van der Waals surface area (Å²) >= 11 is 0. The van der Waals surface area contributed by atoms with Crippen LogP contribution in [0.25, 0.3) is 21.9 Å². The van der Waals surface area contributed by atoms with Gasteiger partial charge in [-0.15, -0.1) is 0 Å². The number of fused-ring (bicyclic) bond motifs is 2. The van der Waals surface area contributed by atoms with E-state index in [4.69, 9.17) is 18.7 Å². The first kappa shape index (κ1) is 22.5. The molecule has 0 amide bonds. The van der Waals surface area contributed by atoms with E-state index in [1.807, 2.05) is 28.9 Å². The third kappa shape index (κ3) is 3.99. The summed E-state index contributed by atoms with van der Waals surface area (Å²) in [7, 11) is 0.107. The molecule has 0 fully saturated rings. The van der Waals surface area contributed by atoms with E-state index in [-0.39, 0.29) is 22.2 Å². The highest BCUT2D eigenvalue weighted by molar-refractivity contribution is 7.93. The molecule has 0 saturated carbocycles. The van der Waals surface area contributed by atoms with E-state index in [0.717, 1.165) is 16.5 Å². The summed E-state index contributed by atoms with van der Waals surface area (Å²) in [6.45, 7) is 0.458. The lowest BCUT2D eigenvalue weighted by Crippen LogP contribution is -2.15. The van der Waals surface area contributed by atoms with Gasteiger partial charge < -0.3 is 18.7 Å². The van der Waals surface area contributed by atoms with E-state index >= 15 is 0 Å². The zero-order chi connectivity index (χ0) is 24.6. The predicted octanol–water partition coefficient (Wildman–Crippen LogP) is 4.05. The van der Waals surface area contributed by atoms with Gasteiger partial charge in [-0.05, 0) is 35.9 Å². The Kier molecular flexibility index (Phi) is 5.69. The molecule has 0 unspecified atom stereocenters. The number of hydrogen-bond donors (Lipinski definition) is 1. The van der Waals surface area contributed by atoms with Gasteiger partial charge in [0.2, 0.25) is 0 Å². The van der Waals surface area contributed by atoms with E-state index in [1.54, 1.807) is 24.4 Å². The summed E-state index contributed by atoms with van der Waals surface area (Å²) in [4.78, 5) is -0.151. The molecule has 5 rings (SSSR count). The molecule has 3 aromatic carbocycles. The molecule has 0 aliphatic rings. The van der Waals surface area contributed by atoms with Crippen molar-refractivity contribution in [3.05, 3.63) is 66.4 Å². The van der Waals surface area contributed by atoms with Crippen LogP contribution in [0.1, 0.15) is 5.56 Å². The van der Waals surface area contributed by atoms with Crippen molar-refractivity contribution in [2.45, 2.75) is 11.4 Å². The lowest BCUT2D eigenvalue weighted by molar-refractivity contribution is 0.373. The number of aromatic nitrogens is 3. The maximum Gasteiger partial charge on any atom is 0.270 e. The van der Waals surface area contributed by atoms with Crippen LogP contribution >= 0.6 is 0 Å². The van der Waals surface area contributed by atoms with Crippen LogP contribution in [-0.4, -0.2) is 44.7 Å². The molecular formula is C24H22N4O6S. The minimum absolute atomic E-state index is 0.0131. The fourth-order valence-corrected chi connectivity index (χ4v) is 5.33. The van der Waals surface area contributed by atoms with Crippen molar-refractivity contribution in [2.75, 3.05) is 26.1 Å². The number of para-hydroxylation sites is 1. The van der Waals surface area contributed by atoms with Crippen molar-refractivity contribution in [3.63, 3.8) is 0 Å². The van der Waals surface area contributed by atoms with Gasteiger partial charge in [0.1, 0.15) is 22.6 Å². The van der Waals surface area contributed by atoms with Crippen molar-refractivity contribution in [1.82, 2.24) is 14.9 Å². The van der Waals surface area contributed by atoms with Crippen molar-refractivity contribution in [1.29, 1.82) is 0 Å². The number of nitrogens with one attached hydrogen (secondary N) is 1. The van der Waals surface area contributed by atoms with Gasteiger partial charge in [0.25, 0.3) is 10.0 Å². The molecule has 2 aromatic heterocycles. The average Bonchev–Trinajstić information content (AvgIpc) is 3.46. The molecule has 0 bridgehead atoms. The Hall–Kier alpha value is -4.25. The predicted molar refractivity (Wildman–Crippen MR) is 130 cm³/mol. The van der Waals surface area contributed by atoms with Gasteiger partial charge in [-0.2, -0.15) is 5.10 Å². The molecule has 1 N–H and O–H groups in total. The van der Waals surface area contributed by atoms with Gasteiger partial charge in [-0.25, -0.2) is 8.42 Å². The number of methoxy groups -OCH3 is 3. The molecule has 35 heavy (non-hydrogen) atoms. The quantitative estimate of drug-likeness (QED) is 0.343. The number of sulfonamides is 1. The zero-order valence-electron chi connectivity index (χ0n) is 19.2. The molecule has 0 atom stereocenters. The first-order chi connectivity index (χ1) is 16.9. The number of hydrogen-bond acceptors (Lipinski definition) is 8. The highest BCUT2D eigenvalue weighted by Gasteiger charge is 2.28. The summed E-state index contributed by atoms with van der Waals surface area (Å²) in [6.07, 6.45) is 1.80. The molecular weight excluding hydrogens is 472 g/mol. The number of anilines is 1. The molecule has 0 spiro atoms. The largest absolute Gasteiger partial charge is 0.496 e. The third-order valence-electron chi connectivity index (χ3n) is 5.58. The van der Waals surface area contributed by atoms with E-state index in [0.29, 0.717) is 23.3 Å². The Morgan fingerprint density at radius 1 is 0.943 bits per heavy atom. The van der Waals surface area contributed by atoms with Crippen LogP contribution in [0.15, 0.2) is 70.2 Å². The Labute approximate surface area is 201 Å².